The summed E-state index contributed by atoms with van der Waals surface area (Å²) in [6.45, 7) is 1.73. The molecular formula is C5H5BrN2O. The molecule has 4 heteroatoms. The number of halogens is 1. The molecule has 1 aromatic rings. The summed E-state index contributed by atoms with van der Waals surface area (Å²) in [5, 5.41) is 0. The predicted octanol–water partition coefficient (Wildman–Crippen LogP) is 0.841. The molecule has 0 bridgehead atoms. The van der Waals surface area contributed by atoms with Crippen LogP contribution in [0.4, 0.5) is 0 Å². The molecule has 0 saturated heterocycles. The van der Waals surface area contributed by atoms with E-state index in [2.05, 4.69) is 25.9 Å². The van der Waals surface area contributed by atoms with Crippen molar-refractivity contribution in [2.24, 2.45) is 0 Å². The summed E-state index contributed by atoms with van der Waals surface area (Å²) in [6.07, 6.45) is 1.57. The number of hydrogen-bond donors (Lipinski definition) is 1. The molecule has 0 fully saturated rings. The van der Waals surface area contributed by atoms with E-state index >= 15 is 0 Å². The van der Waals surface area contributed by atoms with E-state index in [1.807, 2.05) is 0 Å². The fraction of sp³-hybridized carbons (Fsp3) is 0.200. The monoisotopic (exact) mass is 188 g/mol. The quantitative estimate of drug-likeness (QED) is 0.657. The summed E-state index contributed by atoms with van der Waals surface area (Å²) < 4.78 is 0.466. The highest BCUT2D eigenvalue weighted by molar-refractivity contribution is 9.10. The molecule has 1 rings (SSSR count). The Morgan fingerprint density at radius 2 is 2.44 bits per heavy atom. The first-order valence-corrected chi connectivity index (χ1v) is 3.21. The SMILES string of the molecule is Cc1nc(=O)c(Br)c[nH]1. The molecular weight excluding hydrogens is 184 g/mol. The Labute approximate surface area is 60.3 Å². The van der Waals surface area contributed by atoms with Crippen molar-refractivity contribution in [2.75, 3.05) is 0 Å². The number of H-pyrrole nitrogens is 1. The van der Waals surface area contributed by atoms with E-state index in [4.69, 9.17) is 0 Å². The zero-order valence-electron chi connectivity index (χ0n) is 4.81. The molecule has 0 unspecified atom stereocenters. The minimum atomic E-state index is -0.230. The summed E-state index contributed by atoms with van der Waals surface area (Å²) in [7, 11) is 0. The van der Waals surface area contributed by atoms with E-state index in [9.17, 15) is 4.79 Å². The van der Waals surface area contributed by atoms with Crippen LogP contribution in [0.5, 0.6) is 0 Å². The molecule has 3 nitrogen and oxygen atoms in total. The Morgan fingerprint density at radius 3 is 2.89 bits per heavy atom. The average Bonchev–Trinajstić information content (AvgIpc) is 1.80. The maximum Gasteiger partial charge on any atom is 0.287 e. The van der Waals surface area contributed by atoms with E-state index in [0.29, 0.717) is 10.3 Å². The molecule has 0 radical (unpaired) electrons. The number of aromatic amines is 1. The Morgan fingerprint density at radius 1 is 1.78 bits per heavy atom. The standard InChI is InChI=1S/C5H5BrN2O/c1-3-7-2-4(6)5(9)8-3/h2H,1H3,(H,7,8,9). The van der Waals surface area contributed by atoms with E-state index < -0.39 is 0 Å². The van der Waals surface area contributed by atoms with Gasteiger partial charge >= 0.3 is 0 Å². The molecule has 0 spiro atoms. The third kappa shape index (κ3) is 1.38. The Bertz CT molecular complexity index is 268. The summed E-state index contributed by atoms with van der Waals surface area (Å²) in [4.78, 5) is 17.1. The third-order valence-electron chi connectivity index (χ3n) is 0.881. The Kier molecular flexibility index (Phi) is 1.66. The van der Waals surface area contributed by atoms with Crippen LogP contribution in [-0.4, -0.2) is 9.97 Å². The zero-order valence-corrected chi connectivity index (χ0v) is 6.40. The lowest BCUT2D eigenvalue weighted by atomic mass is 10.6. The van der Waals surface area contributed by atoms with Crippen molar-refractivity contribution in [2.45, 2.75) is 6.92 Å². The average molecular weight is 189 g/mol. The van der Waals surface area contributed by atoms with E-state index in [1.165, 1.54) is 0 Å². The van der Waals surface area contributed by atoms with Crippen molar-refractivity contribution < 1.29 is 0 Å². The Hall–Kier alpha value is -0.640. The highest BCUT2D eigenvalue weighted by Gasteiger charge is 1.92. The minimum Gasteiger partial charge on any atom is -0.349 e. The maximum atomic E-state index is 10.7. The van der Waals surface area contributed by atoms with Crippen LogP contribution in [0.2, 0.25) is 0 Å². The minimum absolute atomic E-state index is 0.230. The normalized spacial score (nSPS) is 9.56. The smallest absolute Gasteiger partial charge is 0.287 e. The van der Waals surface area contributed by atoms with Crippen LogP contribution in [0.1, 0.15) is 5.82 Å². The van der Waals surface area contributed by atoms with Gasteiger partial charge in [0.2, 0.25) is 0 Å². The first-order chi connectivity index (χ1) is 4.20. The molecule has 1 aromatic heterocycles. The van der Waals surface area contributed by atoms with Gasteiger partial charge in [0.15, 0.2) is 0 Å². The summed E-state index contributed by atoms with van der Waals surface area (Å²) in [5.74, 6) is 0.628. The number of rotatable bonds is 0. The van der Waals surface area contributed by atoms with Crippen LogP contribution < -0.4 is 5.56 Å². The van der Waals surface area contributed by atoms with Crippen molar-refractivity contribution >= 4 is 15.9 Å². The van der Waals surface area contributed by atoms with Crippen LogP contribution in [0, 0.1) is 6.92 Å². The first kappa shape index (κ1) is 6.48. The number of aryl methyl sites for hydroxylation is 1. The largest absolute Gasteiger partial charge is 0.349 e. The van der Waals surface area contributed by atoms with Gasteiger partial charge in [-0.25, -0.2) is 0 Å². The van der Waals surface area contributed by atoms with Crippen molar-refractivity contribution in [3.8, 4) is 0 Å². The van der Waals surface area contributed by atoms with Gasteiger partial charge in [-0.3, -0.25) is 4.79 Å². The van der Waals surface area contributed by atoms with Crippen molar-refractivity contribution in [3.63, 3.8) is 0 Å². The van der Waals surface area contributed by atoms with Crippen LogP contribution in [0.25, 0.3) is 0 Å². The molecule has 0 aliphatic carbocycles. The second-order valence-corrected chi connectivity index (χ2v) is 2.49. The van der Waals surface area contributed by atoms with Crippen LogP contribution in [0.3, 0.4) is 0 Å². The van der Waals surface area contributed by atoms with E-state index in [0.717, 1.165) is 0 Å². The number of hydrogen-bond acceptors (Lipinski definition) is 2. The summed E-state index contributed by atoms with van der Waals surface area (Å²) in [6, 6.07) is 0. The third-order valence-corrected chi connectivity index (χ3v) is 1.45. The van der Waals surface area contributed by atoms with Gasteiger partial charge in [0.25, 0.3) is 5.56 Å². The lowest BCUT2D eigenvalue weighted by molar-refractivity contribution is 1.01. The second kappa shape index (κ2) is 2.31. The zero-order chi connectivity index (χ0) is 6.85. The molecule has 0 saturated carbocycles. The molecule has 1 N–H and O–H groups in total. The topological polar surface area (TPSA) is 45.8 Å². The highest BCUT2D eigenvalue weighted by Crippen LogP contribution is 1.96. The number of nitrogens with one attached hydrogen (secondary N) is 1. The first-order valence-electron chi connectivity index (χ1n) is 2.42. The van der Waals surface area contributed by atoms with Gasteiger partial charge in [-0.15, -0.1) is 0 Å². The highest BCUT2D eigenvalue weighted by atomic mass is 79.9. The van der Waals surface area contributed by atoms with Crippen LogP contribution in [-0.2, 0) is 0 Å². The second-order valence-electron chi connectivity index (χ2n) is 1.64. The van der Waals surface area contributed by atoms with Crippen molar-refractivity contribution in [3.05, 3.63) is 26.8 Å². The van der Waals surface area contributed by atoms with E-state index in [-0.39, 0.29) is 5.56 Å². The molecule has 0 atom stereocenters. The summed E-state index contributed by atoms with van der Waals surface area (Å²) >= 11 is 3.02. The van der Waals surface area contributed by atoms with Crippen molar-refractivity contribution in [1.29, 1.82) is 0 Å². The van der Waals surface area contributed by atoms with Gasteiger partial charge in [0.1, 0.15) is 10.3 Å². The number of aromatic nitrogens is 2. The lowest BCUT2D eigenvalue weighted by Crippen LogP contribution is -2.08. The molecule has 0 aliphatic rings. The van der Waals surface area contributed by atoms with E-state index in [1.54, 1.807) is 13.1 Å². The number of nitrogens with zero attached hydrogens (tertiary/aromatic N) is 1. The fourth-order valence-corrected chi connectivity index (χ4v) is 0.671. The van der Waals surface area contributed by atoms with Gasteiger partial charge in [-0.2, -0.15) is 4.98 Å². The van der Waals surface area contributed by atoms with Gasteiger partial charge in [0, 0.05) is 6.20 Å². The fourth-order valence-electron chi connectivity index (χ4n) is 0.468. The maximum absolute atomic E-state index is 10.7. The van der Waals surface area contributed by atoms with Gasteiger partial charge in [-0.05, 0) is 22.9 Å². The molecule has 48 valence electrons. The Balaban J connectivity index is 3.34. The van der Waals surface area contributed by atoms with Gasteiger partial charge in [0.05, 0.1) is 0 Å². The molecule has 0 aromatic carbocycles. The molecule has 1 heterocycles. The summed E-state index contributed by atoms with van der Waals surface area (Å²) in [5.41, 5.74) is -0.230. The van der Waals surface area contributed by atoms with Crippen molar-refractivity contribution in [1.82, 2.24) is 9.97 Å². The predicted molar refractivity (Wildman–Crippen MR) is 37.3 cm³/mol. The van der Waals surface area contributed by atoms with Gasteiger partial charge in [-0.1, -0.05) is 0 Å². The lowest BCUT2D eigenvalue weighted by Gasteiger charge is -1.88. The molecule has 0 aliphatic heterocycles. The van der Waals surface area contributed by atoms with Crippen LogP contribution >= 0.6 is 15.9 Å². The molecule has 0 amide bonds. The molecule has 9 heavy (non-hydrogen) atoms. The van der Waals surface area contributed by atoms with Gasteiger partial charge < -0.3 is 4.98 Å². The van der Waals surface area contributed by atoms with Crippen LogP contribution in [0.15, 0.2) is 15.5 Å².